The molecule has 1 aromatic carbocycles. The quantitative estimate of drug-likeness (QED) is 0.681. The van der Waals surface area contributed by atoms with E-state index in [2.05, 4.69) is 35.0 Å². The molecule has 1 saturated heterocycles. The van der Waals surface area contributed by atoms with Crippen LogP contribution in [-0.2, 0) is 19.0 Å². The molecule has 1 fully saturated rings. The van der Waals surface area contributed by atoms with Gasteiger partial charge < -0.3 is 14.2 Å². The molecule has 3 rings (SSSR count). The molecule has 0 aromatic heterocycles. The zero-order valence-electron chi connectivity index (χ0n) is 14.9. The van der Waals surface area contributed by atoms with Crippen molar-refractivity contribution in [2.75, 3.05) is 20.8 Å². The van der Waals surface area contributed by atoms with Crippen LogP contribution in [0.3, 0.4) is 0 Å². The second kappa shape index (κ2) is 8.02. The van der Waals surface area contributed by atoms with Crippen LogP contribution in [0.15, 0.2) is 40.4 Å². The van der Waals surface area contributed by atoms with Gasteiger partial charge in [0.1, 0.15) is 0 Å². The summed E-state index contributed by atoms with van der Waals surface area (Å²) in [6.45, 7) is 2.92. The molecular formula is C20H25BrO4. The molecule has 1 aromatic rings. The summed E-state index contributed by atoms with van der Waals surface area (Å²) in [6.07, 6.45) is 3.97. The predicted octanol–water partition coefficient (Wildman–Crippen LogP) is 4.30. The van der Waals surface area contributed by atoms with E-state index in [9.17, 15) is 4.79 Å². The Morgan fingerprint density at radius 3 is 2.76 bits per heavy atom. The summed E-state index contributed by atoms with van der Waals surface area (Å²) in [5, 5.41) is 0. The third kappa shape index (κ3) is 3.55. The van der Waals surface area contributed by atoms with Crippen LogP contribution >= 0.6 is 15.9 Å². The van der Waals surface area contributed by atoms with Crippen molar-refractivity contribution < 1.29 is 19.0 Å². The van der Waals surface area contributed by atoms with E-state index in [-0.39, 0.29) is 35.9 Å². The highest BCUT2D eigenvalue weighted by molar-refractivity contribution is 9.10. The summed E-state index contributed by atoms with van der Waals surface area (Å²) < 4.78 is 18.0. The maximum absolute atomic E-state index is 12.2. The van der Waals surface area contributed by atoms with E-state index in [1.54, 1.807) is 7.11 Å². The van der Waals surface area contributed by atoms with Crippen molar-refractivity contribution in [3.63, 3.8) is 0 Å². The van der Waals surface area contributed by atoms with Crippen LogP contribution in [0.5, 0.6) is 0 Å². The van der Waals surface area contributed by atoms with Crippen LogP contribution in [0, 0.1) is 17.8 Å². The molecule has 5 heteroatoms. The lowest BCUT2D eigenvalue weighted by atomic mass is 9.80. The van der Waals surface area contributed by atoms with E-state index in [1.165, 1.54) is 7.11 Å². The van der Waals surface area contributed by atoms with Gasteiger partial charge in [-0.25, -0.2) is 4.79 Å². The third-order valence-electron chi connectivity index (χ3n) is 5.49. The Morgan fingerprint density at radius 1 is 1.32 bits per heavy atom. The van der Waals surface area contributed by atoms with Gasteiger partial charge in [-0.3, -0.25) is 0 Å². The lowest BCUT2D eigenvalue weighted by Crippen LogP contribution is -2.37. The molecule has 1 aliphatic heterocycles. The summed E-state index contributed by atoms with van der Waals surface area (Å²) in [4.78, 5) is 12.2. The van der Waals surface area contributed by atoms with Gasteiger partial charge in [0, 0.05) is 35.6 Å². The zero-order chi connectivity index (χ0) is 18.0. The number of hydrogen-bond acceptors (Lipinski definition) is 4. The molecule has 0 spiro atoms. The van der Waals surface area contributed by atoms with Gasteiger partial charge in [-0.2, -0.15) is 0 Å². The number of fused-ring (bicyclic) bond motifs is 1. The molecule has 0 saturated carbocycles. The molecular weight excluding hydrogens is 384 g/mol. The number of halogens is 1. The van der Waals surface area contributed by atoms with Crippen molar-refractivity contribution in [1.82, 2.24) is 0 Å². The first-order valence-electron chi connectivity index (χ1n) is 8.77. The average molecular weight is 409 g/mol. The van der Waals surface area contributed by atoms with Gasteiger partial charge >= 0.3 is 5.97 Å². The largest absolute Gasteiger partial charge is 0.466 e. The van der Waals surface area contributed by atoms with Crippen molar-refractivity contribution in [2.45, 2.75) is 32.0 Å². The molecule has 0 radical (unpaired) electrons. The summed E-state index contributed by atoms with van der Waals surface area (Å²) in [5.41, 5.74) is 1.89. The highest BCUT2D eigenvalue weighted by Gasteiger charge is 2.46. The fourth-order valence-corrected chi connectivity index (χ4v) is 4.77. The highest BCUT2D eigenvalue weighted by atomic mass is 79.9. The van der Waals surface area contributed by atoms with E-state index < -0.39 is 0 Å². The van der Waals surface area contributed by atoms with Gasteiger partial charge in [0.05, 0.1) is 19.3 Å². The van der Waals surface area contributed by atoms with Crippen LogP contribution in [0.25, 0.3) is 0 Å². The minimum Gasteiger partial charge on any atom is -0.466 e. The summed E-state index contributed by atoms with van der Waals surface area (Å²) in [5.74, 6) is 0.184. The van der Waals surface area contributed by atoms with Crippen LogP contribution < -0.4 is 0 Å². The van der Waals surface area contributed by atoms with Crippen LogP contribution in [0.4, 0.5) is 0 Å². The topological polar surface area (TPSA) is 44.8 Å². The molecule has 5 unspecified atom stereocenters. The Morgan fingerprint density at radius 2 is 2.08 bits per heavy atom. The van der Waals surface area contributed by atoms with Crippen molar-refractivity contribution >= 4 is 21.9 Å². The Hall–Kier alpha value is -1.17. The average Bonchev–Trinajstić information content (AvgIpc) is 3.03. The van der Waals surface area contributed by atoms with Crippen molar-refractivity contribution in [2.24, 2.45) is 17.8 Å². The molecule has 0 bridgehead atoms. The fourth-order valence-electron chi connectivity index (χ4n) is 4.26. The van der Waals surface area contributed by atoms with Crippen molar-refractivity contribution in [1.29, 1.82) is 0 Å². The minimum atomic E-state index is -0.231. The van der Waals surface area contributed by atoms with Gasteiger partial charge in [-0.15, -0.1) is 0 Å². The highest BCUT2D eigenvalue weighted by Crippen LogP contribution is 2.46. The van der Waals surface area contributed by atoms with Gasteiger partial charge in [0.2, 0.25) is 0 Å². The van der Waals surface area contributed by atoms with E-state index >= 15 is 0 Å². The van der Waals surface area contributed by atoms with Crippen molar-refractivity contribution in [3.05, 3.63) is 46.0 Å². The number of rotatable bonds is 5. The number of hydrogen-bond donors (Lipinski definition) is 0. The van der Waals surface area contributed by atoms with E-state index in [4.69, 9.17) is 14.2 Å². The van der Waals surface area contributed by atoms with Crippen molar-refractivity contribution in [3.8, 4) is 0 Å². The maximum atomic E-state index is 12.2. The number of esters is 1. The smallest absolute Gasteiger partial charge is 0.333 e. The standard InChI is InChI=1S/C20H25BrO4/c1-12(18(23-2)14-7-4-5-9-17(14)21)15-11-16(20(22)24-3)13-8-6-10-25-19(13)15/h4-5,7,9,11-13,15,18-19H,6,8,10H2,1-3H3. The first kappa shape index (κ1) is 18.6. The maximum Gasteiger partial charge on any atom is 0.333 e. The van der Waals surface area contributed by atoms with Gasteiger partial charge in [0.25, 0.3) is 0 Å². The number of ether oxygens (including phenoxy) is 3. The van der Waals surface area contributed by atoms with Gasteiger partial charge in [-0.1, -0.05) is 47.1 Å². The summed E-state index contributed by atoms with van der Waals surface area (Å²) in [7, 11) is 3.18. The number of carbonyl (C=O) groups excluding carboxylic acids is 1. The van der Waals surface area contributed by atoms with E-state index in [0.717, 1.165) is 35.1 Å². The van der Waals surface area contributed by atoms with Gasteiger partial charge in [-0.05, 0) is 30.4 Å². The Balaban J connectivity index is 1.91. The molecule has 1 aliphatic carbocycles. The minimum absolute atomic E-state index is 0.0259. The van der Waals surface area contributed by atoms with Gasteiger partial charge in [0.15, 0.2) is 0 Å². The first-order valence-corrected chi connectivity index (χ1v) is 9.56. The Labute approximate surface area is 157 Å². The van der Waals surface area contributed by atoms with E-state index in [0.29, 0.717) is 0 Å². The Kier molecular flexibility index (Phi) is 5.97. The second-order valence-corrected chi connectivity index (χ2v) is 7.67. The molecule has 0 amide bonds. The SMILES string of the molecule is COC(=O)C1=CC(C(C)C(OC)c2ccccc2Br)C2OCCCC12. The lowest BCUT2D eigenvalue weighted by molar-refractivity contribution is -0.137. The van der Waals surface area contributed by atoms with Crippen LogP contribution in [0.2, 0.25) is 0 Å². The molecule has 2 aliphatic rings. The number of methoxy groups -OCH3 is 2. The molecule has 25 heavy (non-hydrogen) atoms. The monoisotopic (exact) mass is 408 g/mol. The summed E-state index contributed by atoms with van der Waals surface area (Å²) >= 11 is 3.63. The molecule has 4 nitrogen and oxygen atoms in total. The lowest BCUT2D eigenvalue weighted by Gasteiger charge is -2.36. The fraction of sp³-hybridized carbons (Fsp3) is 0.550. The molecule has 136 valence electrons. The van der Waals surface area contributed by atoms with Crippen LogP contribution in [-0.4, -0.2) is 32.9 Å². The summed E-state index contributed by atoms with van der Waals surface area (Å²) in [6, 6.07) is 8.12. The van der Waals surface area contributed by atoms with E-state index in [1.807, 2.05) is 18.2 Å². The predicted molar refractivity (Wildman–Crippen MR) is 99.1 cm³/mol. The van der Waals surface area contributed by atoms with Crippen LogP contribution in [0.1, 0.15) is 31.4 Å². The third-order valence-corrected chi connectivity index (χ3v) is 6.21. The second-order valence-electron chi connectivity index (χ2n) is 6.81. The number of carbonyl (C=O) groups is 1. The molecule has 0 N–H and O–H groups in total. The molecule has 5 atom stereocenters. The zero-order valence-corrected chi connectivity index (χ0v) is 16.5. The Bertz CT molecular complexity index is 657. The number of benzene rings is 1. The molecule has 1 heterocycles. The first-order chi connectivity index (χ1) is 12.1. The normalized spacial score (nSPS) is 28.0.